The first kappa shape index (κ1) is 32.8. The molecule has 0 aliphatic rings. The number of likely N-dealkylation sites (N-methyl/N-ethyl adjacent to an activating group) is 2. The largest absolute Gasteiger partial charge is 0.390 e. The highest BCUT2D eigenvalue weighted by Crippen LogP contribution is 2.16. The molecule has 0 radical (unpaired) electrons. The van der Waals surface area contributed by atoms with E-state index in [1.807, 2.05) is 37.2 Å². The van der Waals surface area contributed by atoms with Crippen molar-refractivity contribution in [2.45, 2.75) is 45.4 Å². The summed E-state index contributed by atoms with van der Waals surface area (Å²) in [7, 11) is 5.57. The van der Waals surface area contributed by atoms with Crippen LogP contribution in [0.5, 0.6) is 0 Å². The summed E-state index contributed by atoms with van der Waals surface area (Å²) in [6.45, 7) is 5.73. The number of halogens is 2. The van der Waals surface area contributed by atoms with Gasteiger partial charge in [-0.3, -0.25) is 9.59 Å². The van der Waals surface area contributed by atoms with Crippen LogP contribution in [0.4, 0.5) is 8.78 Å². The topological polar surface area (TPSA) is 84.9 Å². The number of amides is 2. The summed E-state index contributed by atoms with van der Waals surface area (Å²) in [6, 6.07) is 15.3. The predicted molar refractivity (Wildman–Crippen MR) is 162 cm³/mol. The van der Waals surface area contributed by atoms with Crippen LogP contribution in [0, 0.1) is 18.6 Å². The number of aliphatic hydroxyl groups is 1. The minimum absolute atomic E-state index is 0.000533. The van der Waals surface area contributed by atoms with Gasteiger partial charge in [0.25, 0.3) is 11.8 Å². The van der Waals surface area contributed by atoms with Gasteiger partial charge in [0.15, 0.2) is 0 Å². The Kier molecular flexibility index (Phi) is 12.2. The fourth-order valence-corrected chi connectivity index (χ4v) is 4.69. The normalized spacial score (nSPS) is 12.7. The molecule has 0 fully saturated rings. The van der Waals surface area contributed by atoms with E-state index in [0.717, 1.165) is 23.6 Å². The van der Waals surface area contributed by atoms with Crippen molar-refractivity contribution in [1.82, 2.24) is 20.4 Å². The number of hydrogen-bond donors (Lipinski definition) is 3. The summed E-state index contributed by atoms with van der Waals surface area (Å²) in [5.74, 6) is -2.18. The van der Waals surface area contributed by atoms with Gasteiger partial charge in [-0.2, -0.15) is 0 Å². The van der Waals surface area contributed by atoms with E-state index < -0.39 is 29.7 Å². The van der Waals surface area contributed by atoms with Gasteiger partial charge in [-0.1, -0.05) is 31.2 Å². The maximum Gasteiger partial charge on any atom is 0.253 e. The summed E-state index contributed by atoms with van der Waals surface area (Å²) in [4.78, 5) is 30.1. The molecule has 0 spiro atoms. The van der Waals surface area contributed by atoms with Crippen LogP contribution in [0.15, 0.2) is 60.7 Å². The molecule has 0 aliphatic heterocycles. The Hall–Kier alpha value is -3.66. The molecule has 226 valence electrons. The summed E-state index contributed by atoms with van der Waals surface area (Å²) in [6.07, 6.45) is -0.162. The van der Waals surface area contributed by atoms with Crippen LogP contribution < -0.4 is 10.6 Å². The van der Waals surface area contributed by atoms with E-state index in [2.05, 4.69) is 23.6 Å². The van der Waals surface area contributed by atoms with Crippen LogP contribution in [0.3, 0.4) is 0 Å². The molecule has 0 saturated carbocycles. The molecule has 9 heteroatoms. The lowest BCUT2D eigenvalue weighted by atomic mass is 9.99. The smallest absolute Gasteiger partial charge is 0.253 e. The molecule has 0 bridgehead atoms. The quantitative estimate of drug-likeness (QED) is 0.269. The zero-order valence-corrected chi connectivity index (χ0v) is 25.1. The van der Waals surface area contributed by atoms with Gasteiger partial charge in [0.1, 0.15) is 11.6 Å². The standard InChI is InChI=1S/C33H42F2N4O3/c1-6-23-8-7-9-24(14-23)20-36-21-31(40)30(17-25-15-28(34)19-29(35)16-25)37-32(41)26-12-22(2)13-27(18-26)33(42)39(5)11-10-38(3)4/h7-9,12-16,18-19,30-31,36,40H,6,10-11,17,20-21H2,1-5H3,(H,37,41)/t30-,31+/m1/s1. The third-order valence-electron chi connectivity index (χ3n) is 7.06. The van der Waals surface area contributed by atoms with Crippen molar-refractivity contribution in [3.05, 3.63) is 106 Å². The van der Waals surface area contributed by atoms with Crippen LogP contribution in [-0.4, -0.2) is 79.6 Å². The Bertz CT molecular complexity index is 1340. The number of benzene rings is 3. The molecule has 7 nitrogen and oxygen atoms in total. The van der Waals surface area contributed by atoms with Gasteiger partial charge >= 0.3 is 0 Å². The van der Waals surface area contributed by atoms with E-state index in [4.69, 9.17) is 0 Å². The molecule has 3 aromatic carbocycles. The first-order valence-electron chi connectivity index (χ1n) is 14.2. The SMILES string of the molecule is CCc1cccc(CNC[C@H](O)[C@@H](Cc2cc(F)cc(F)c2)NC(=O)c2cc(C)cc(C(=O)N(C)CCN(C)C)c2)c1. The monoisotopic (exact) mass is 580 g/mol. The lowest BCUT2D eigenvalue weighted by Crippen LogP contribution is -2.48. The third-order valence-corrected chi connectivity index (χ3v) is 7.06. The van der Waals surface area contributed by atoms with Crippen molar-refractivity contribution in [2.24, 2.45) is 0 Å². The Balaban J connectivity index is 1.78. The fourth-order valence-electron chi connectivity index (χ4n) is 4.69. The molecule has 0 aliphatic carbocycles. The van der Waals surface area contributed by atoms with E-state index in [1.165, 1.54) is 23.8 Å². The predicted octanol–water partition coefficient (Wildman–Crippen LogP) is 3.96. The number of rotatable bonds is 14. The molecule has 3 N–H and O–H groups in total. The first-order valence-corrected chi connectivity index (χ1v) is 14.2. The van der Waals surface area contributed by atoms with Gasteiger partial charge in [-0.05, 0) is 86.4 Å². The van der Waals surface area contributed by atoms with Crippen molar-refractivity contribution in [2.75, 3.05) is 40.8 Å². The fraction of sp³-hybridized carbons (Fsp3) is 0.394. The highest BCUT2D eigenvalue weighted by molar-refractivity contribution is 6.00. The molecule has 2 atom stereocenters. The Labute approximate surface area is 247 Å². The van der Waals surface area contributed by atoms with E-state index >= 15 is 0 Å². The minimum atomic E-state index is -1.07. The molecule has 0 unspecified atom stereocenters. The second-order valence-electron chi connectivity index (χ2n) is 11.1. The molecular weight excluding hydrogens is 538 g/mol. The average Bonchev–Trinajstić information content (AvgIpc) is 2.94. The number of nitrogens with one attached hydrogen (secondary N) is 2. The number of carbonyl (C=O) groups is 2. The Morgan fingerprint density at radius 2 is 1.55 bits per heavy atom. The minimum Gasteiger partial charge on any atom is -0.390 e. The first-order chi connectivity index (χ1) is 19.9. The Morgan fingerprint density at radius 3 is 2.21 bits per heavy atom. The van der Waals surface area contributed by atoms with Crippen molar-refractivity contribution >= 4 is 11.8 Å². The second-order valence-corrected chi connectivity index (χ2v) is 11.1. The van der Waals surface area contributed by atoms with E-state index in [9.17, 15) is 23.5 Å². The number of aliphatic hydroxyl groups excluding tert-OH is 1. The molecular formula is C33H42F2N4O3. The number of hydrogen-bond acceptors (Lipinski definition) is 5. The molecule has 42 heavy (non-hydrogen) atoms. The summed E-state index contributed by atoms with van der Waals surface area (Å²) in [5.41, 5.74) is 3.92. The number of carbonyl (C=O) groups excluding carboxylic acids is 2. The van der Waals surface area contributed by atoms with Crippen molar-refractivity contribution in [1.29, 1.82) is 0 Å². The van der Waals surface area contributed by atoms with E-state index in [-0.39, 0.29) is 24.4 Å². The van der Waals surface area contributed by atoms with Gasteiger partial charge in [-0.15, -0.1) is 0 Å². The number of aryl methyl sites for hydroxylation is 2. The van der Waals surface area contributed by atoms with Crippen molar-refractivity contribution < 1.29 is 23.5 Å². The van der Waals surface area contributed by atoms with Crippen LogP contribution in [0.2, 0.25) is 0 Å². The summed E-state index contributed by atoms with van der Waals surface area (Å²) < 4.78 is 27.9. The molecule has 0 aromatic heterocycles. The van der Waals surface area contributed by atoms with Crippen LogP contribution in [-0.2, 0) is 19.4 Å². The maximum atomic E-state index is 13.9. The molecule has 2 amide bonds. The third kappa shape index (κ3) is 10.0. The Morgan fingerprint density at radius 1 is 0.881 bits per heavy atom. The van der Waals surface area contributed by atoms with Gasteiger partial charge in [0.05, 0.1) is 12.1 Å². The van der Waals surface area contributed by atoms with E-state index in [1.54, 1.807) is 31.0 Å². The zero-order chi connectivity index (χ0) is 30.8. The average molecular weight is 581 g/mol. The highest BCUT2D eigenvalue weighted by Gasteiger charge is 2.24. The lowest BCUT2D eigenvalue weighted by molar-refractivity contribution is 0.0786. The van der Waals surface area contributed by atoms with Crippen molar-refractivity contribution in [3.8, 4) is 0 Å². The van der Waals surface area contributed by atoms with Crippen molar-refractivity contribution in [3.63, 3.8) is 0 Å². The van der Waals surface area contributed by atoms with Crippen LogP contribution in [0.25, 0.3) is 0 Å². The van der Waals surface area contributed by atoms with Gasteiger partial charge in [0, 0.05) is 50.4 Å². The molecule has 3 aromatic rings. The number of nitrogens with zero attached hydrogens (tertiary/aromatic N) is 2. The lowest BCUT2D eigenvalue weighted by Gasteiger charge is -2.25. The molecule has 0 heterocycles. The molecule has 0 saturated heterocycles. The van der Waals surface area contributed by atoms with Crippen LogP contribution in [0.1, 0.15) is 49.9 Å². The zero-order valence-electron chi connectivity index (χ0n) is 25.1. The maximum absolute atomic E-state index is 13.9. The summed E-state index contributed by atoms with van der Waals surface area (Å²) in [5, 5.41) is 17.2. The van der Waals surface area contributed by atoms with Gasteiger partial charge < -0.3 is 25.5 Å². The molecule has 3 rings (SSSR count). The summed E-state index contributed by atoms with van der Waals surface area (Å²) >= 11 is 0. The van der Waals surface area contributed by atoms with Gasteiger partial charge in [-0.25, -0.2) is 8.78 Å². The van der Waals surface area contributed by atoms with Crippen LogP contribution >= 0.6 is 0 Å². The second kappa shape index (κ2) is 15.5. The highest BCUT2D eigenvalue weighted by atomic mass is 19.1. The van der Waals surface area contributed by atoms with Gasteiger partial charge in [0.2, 0.25) is 0 Å². The van der Waals surface area contributed by atoms with E-state index in [0.29, 0.717) is 30.8 Å².